The fourth-order valence-corrected chi connectivity index (χ4v) is 4.37. The van der Waals surface area contributed by atoms with E-state index in [9.17, 15) is 9.59 Å². The Morgan fingerprint density at radius 1 is 0.973 bits per heavy atom. The minimum atomic E-state index is -1.04. The number of hydrogen-bond donors (Lipinski definition) is 0. The first-order chi connectivity index (χ1) is 17.6. The molecule has 1 unspecified atom stereocenters. The molecule has 0 spiro atoms. The van der Waals surface area contributed by atoms with E-state index >= 15 is 4.39 Å². The van der Waals surface area contributed by atoms with Crippen LogP contribution >= 0.6 is 22.6 Å². The smallest absolute Gasteiger partial charge is 0.343 e. The molecular formula is C29H29FINO5. The summed E-state index contributed by atoms with van der Waals surface area (Å²) in [5.41, 5.74) is 1.65. The van der Waals surface area contributed by atoms with Crippen LogP contribution in [0.1, 0.15) is 47.8 Å². The van der Waals surface area contributed by atoms with Gasteiger partial charge in [-0.2, -0.15) is 0 Å². The third-order valence-corrected chi connectivity index (χ3v) is 6.38. The number of methoxy groups -OCH3 is 2. The second kappa shape index (κ2) is 12.3. The van der Waals surface area contributed by atoms with E-state index in [-0.39, 0.29) is 21.3 Å². The lowest BCUT2D eigenvalue weighted by Crippen LogP contribution is -2.27. The van der Waals surface area contributed by atoms with Crippen molar-refractivity contribution in [1.82, 2.24) is 0 Å². The predicted molar refractivity (Wildman–Crippen MR) is 149 cm³/mol. The SMILES string of the molecule is COC(=O)C(Cc1cc(F)c(I)c(C(=O)OC(C)(C)C)c1OC)N=C(c1ccccc1)c1ccccc1. The number of ether oxygens (including phenoxy) is 3. The van der Waals surface area contributed by atoms with Crippen LogP contribution in [-0.2, 0) is 20.7 Å². The monoisotopic (exact) mass is 617 g/mol. The van der Waals surface area contributed by atoms with Crippen molar-refractivity contribution in [3.8, 4) is 5.75 Å². The Kier molecular flexibility index (Phi) is 9.42. The average molecular weight is 617 g/mol. The minimum Gasteiger partial charge on any atom is -0.496 e. The van der Waals surface area contributed by atoms with Gasteiger partial charge in [0, 0.05) is 23.1 Å². The number of aliphatic imine (C=N–C) groups is 1. The van der Waals surface area contributed by atoms with Crippen molar-refractivity contribution >= 4 is 40.2 Å². The Balaban J connectivity index is 2.15. The van der Waals surface area contributed by atoms with Gasteiger partial charge in [-0.25, -0.2) is 14.0 Å². The lowest BCUT2D eigenvalue weighted by atomic mass is 9.99. The maximum atomic E-state index is 15.1. The summed E-state index contributed by atoms with van der Waals surface area (Å²) < 4.78 is 31.2. The summed E-state index contributed by atoms with van der Waals surface area (Å²) in [6.45, 7) is 5.17. The highest BCUT2D eigenvalue weighted by Gasteiger charge is 2.30. The molecular weight excluding hydrogens is 588 g/mol. The first-order valence-corrected chi connectivity index (χ1v) is 12.7. The van der Waals surface area contributed by atoms with Gasteiger partial charge in [0.2, 0.25) is 0 Å². The van der Waals surface area contributed by atoms with Crippen LogP contribution in [0.5, 0.6) is 5.75 Å². The molecule has 194 valence electrons. The zero-order chi connectivity index (χ0) is 27.2. The van der Waals surface area contributed by atoms with E-state index in [2.05, 4.69) is 0 Å². The fraction of sp³-hybridized carbons (Fsp3) is 0.276. The molecule has 0 aliphatic carbocycles. The summed E-state index contributed by atoms with van der Waals surface area (Å²) in [4.78, 5) is 30.7. The quantitative estimate of drug-likeness (QED) is 0.176. The molecule has 0 aliphatic heterocycles. The Labute approximate surface area is 230 Å². The standard InChI is InChI=1S/C29H29FINO5/c1-29(2,3)37-28(34)23-24(31)21(30)16-20(26(23)35-4)17-22(27(33)36-5)32-25(18-12-8-6-9-13-18)19-14-10-7-11-15-19/h6-16,22H,17H2,1-5H3. The number of esters is 2. The highest BCUT2D eigenvalue weighted by Crippen LogP contribution is 2.34. The Morgan fingerprint density at radius 3 is 1.97 bits per heavy atom. The number of rotatable bonds is 8. The molecule has 6 nitrogen and oxygen atoms in total. The summed E-state index contributed by atoms with van der Waals surface area (Å²) in [6.07, 6.45) is -0.0668. The van der Waals surface area contributed by atoms with Crippen LogP contribution in [0.25, 0.3) is 0 Å². The Bertz CT molecular complexity index is 1250. The molecule has 3 rings (SSSR count). The first kappa shape index (κ1) is 28.3. The van der Waals surface area contributed by atoms with E-state index in [1.54, 1.807) is 43.4 Å². The average Bonchev–Trinajstić information content (AvgIpc) is 2.87. The van der Waals surface area contributed by atoms with Crippen molar-refractivity contribution in [2.45, 2.75) is 38.8 Å². The molecule has 8 heteroatoms. The van der Waals surface area contributed by atoms with Gasteiger partial charge in [0.15, 0.2) is 6.04 Å². The Morgan fingerprint density at radius 2 is 1.51 bits per heavy atom. The van der Waals surface area contributed by atoms with E-state index in [1.165, 1.54) is 20.3 Å². The molecule has 0 aliphatic rings. The molecule has 3 aromatic rings. The molecule has 37 heavy (non-hydrogen) atoms. The molecule has 1 atom stereocenters. The molecule has 0 amide bonds. The maximum absolute atomic E-state index is 15.1. The number of benzene rings is 3. The molecule has 0 bridgehead atoms. The summed E-state index contributed by atoms with van der Waals surface area (Å²) >= 11 is 1.75. The summed E-state index contributed by atoms with van der Waals surface area (Å²) in [6, 6.07) is 19.1. The molecule has 0 saturated heterocycles. The molecule has 0 saturated carbocycles. The van der Waals surface area contributed by atoms with Gasteiger partial charge in [-0.15, -0.1) is 0 Å². The summed E-state index contributed by atoms with van der Waals surface area (Å²) in [7, 11) is 2.66. The topological polar surface area (TPSA) is 74.2 Å². The van der Waals surface area contributed by atoms with Gasteiger partial charge >= 0.3 is 11.9 Å². The van der Waals surface area contributed by atoms with Crippen molar-refractivity contribution in [2.75, 3.05) is 14.2 Å². The molecule has 0 heterocycles. The number of hydrogen-bond acceptors (Lipinski definition) is 6. The fourth-order valence-electron chi connectivity index (χ4n) is 3.75. The van der Waals surface area contributed by atoms with Gasteiger partial charge in [-0.05, 0) is 49.4 Å². The first-order valence-electron chi connectivity index (χ1n) is 11.6. The van der Waals surface area contributed by atoms with E-state index in [0.717, 1.165) is 11.1 Å². The third-order valence-electron chi connectivity index (χ3n) is 5.32. The van der Waals surface area contributed by atoms with Crippen molar-refractivity contribution in [3.05, 3.63) is 98.4 Å². The van der Waals surface area contributed by atoms with Crippen LogP contribution < -0.4 is 4.74 Å². The van der Waals surface area contributed by atoms with Crippen molar-refractivity contribution in [2.24, 2.45) is 4.99 Å². The largest absolute Gasteiger partial charge is 0.496 e. The lowest BCUT2D eigenvalue weighted by molar-refractivity contribution is -0.142. The molecule has 0 fully saturated rings. The second-order valence-corrected chi connectivity index (χ2v) is 10.3. The van der Waals surface area contributed by atoms with Crippen LogP contribution in [0.2, 0.25) is 0 Å². The van der Waals surface area contributed by atoms with Crippen LogP contribution in [0, 0.1) is 9.39 Å². The van der Waals surface area contributed by atoms with E-state index in [1.807, 2.05) is 60.7 Å². The van der Waals surface area contributed by atoms with Gasteiger partial charge in [-0.1, -0.05) is 60.7 Å². The summed E-state index contributed by atoms with van der Waals surface area (Å²) in [5.74, 6) is -1.83. The molecule has 0 aromatic heterocycles. The second-order valence-electron chi connectivity index (χ2n) is 9.19. The highest BCUT2D eigenvalue weighted by atomic mass is 127. The molecule has 3 aromatic carbocycles. The minimum absolute atomic E-state index is 0.0352. The van der Waals surface area contributed by atoms with Gasteiger partial charge in [0.1, 0.15) is 22.7 Å². The summed E-state index contributed by atoms with van der Waals surface area (Å²) in [5, 5.41) is 0. The zero-order valence-electron chi connectivity index (χ0n) is 21.4. The van der Waals surface area contributed by atoms with Crippen molar-refractivity contribution < 1.29 is 28.2 Å². The Hall–Kier alpha value is -3.27. The maximum Gasteiger partial charge on any atom is 0.343 e. The van der Waals surface area contributed by atoms with E-state index in [4.69, 9.17) is 19.2 Å². The van der Waals surface area contributed by atoms with Gasteiger partial charge in [-0.3, -0.25) is 4.99 Å². The van der Waals surface area contributed by atoms with Crippen LogP contribution in [-0.4, -0.2) is 43.5 Å². The number of halogens is 2. The molecule has 0 radical (unpaired) electrons. The zero-order valence-corrected chi connectivity index (χ0v) is 23.5. The van der Waals surface area contributed by atoms with Crippen LogP contribution in [0.4, 0.5) is 4.39 Å². The van der Waals surface area contributed by atoms with Crippen LogP contribution in [0.3, 0.4) is 0 Å². The normalized spacial score (nSPS) is 11.9. The van der Waals surface area contributed by atoms with Crippen molar-refractivity contribution in [3.63, 3.8) is 0 Å². The van der Waals surface area contributed by atoms with E-state index in [0.29, 0.717) is 11.3 Å². The van der Waals surface area contributed by atoms with Gasteiger partial charge < -0.3 is 14.2 Å². The number of carbonyl (C=O) groups excluding carboxylic acids is 2. The van der Waals surface area contributed by atoms with Gasteiger partial charge in [0.25, 0.3) is 0 Å². The van der Waals surface area contributed by atoms with Gasteiger partial charge in [0.05, 0.1) is 23.5 Å². The molecule has 0 N–H and O–H groups in total. The number of carbonyl (C=O) groups is 2. The third kappa shape index (κ3) is 7.15. The lowest BCUT2D eigenvalue weighted by Gasteiger charge is -2.22. The number of nitrogens with zero attached hydrogens (tertiary/aromatic N) is 1. The van der Waals surface area contributed by atoms with Crippen LogP contribution in [0.15, 0.2) is 71.7 Å². The predicted octanol–water partition coefficient (Wildman–Crippen LogP) is 6.02. The van der Waals surface area contributed by atoms with E-state index < -0.39 is 29.4 Å². The highest BCUT2D eigenvalue weighted by molar-refractivity contribution is 14.1. The van der Waals surface area contributed by atoms with Crippen molar-refractivity contribution in [1.29, 1.82) is 0 Å².